The molecular weight excluding hydrogens is 290 g/mol. The van der Waals surface area contributed by atoms with Gasteiger partial charge in [-0.05, 0) is 5.92 Å². The van der Waals surface area contributed by atoms with Crippen molar-refractivity contribution in [3.63, 3.8) is 0 Å². The molecule has 1 aromatic rings. The third-order valence-electron chi connectivity index (χ3n) is 3.39. The van der Waals surface area contributed by atoms with Crippen molar-refractivity contribution in [3.8, 4) is 0 Å². The van der Waals surface area contributed by atoms with Crippen LogP contribution in [0.15, 0.2) is 16.0 Å². The first kappa shape index (κ1) is 16.0. The number of hydrogen-bond acceptors (Lipinski definition) is 5. The first-order chi connectivity index (χ1) is 9.99. The summed E-state index contributed by atoms with van der Waals surface area (Å²) in [7, 11) is 1.68. The van der Waals surface area contributed by atoms with Crippen molar-refractivity contribution in [1.29, 1.82) is 0 Å². The number of carbonyl (C=O) groups excluding carboxylic acids is 1. The average Bonchev–Trinajstić information content (AvgIpc) is 2.49. The molecule has 0 N–H and O–H groups in total. The van der Waals surface area contributed by atoms with E-state index in [1.165, 1.54) is 16.3 Å². The van der Waals surface area contributed by atoms with Gasteiger partial charge in [0, 0.05) is 26.2 Å². The van der Waals surface area contributed by atoms with Crippen LogP contribution in [0, 0.1) is 0 Å². The summed E-state index contributed by atoms with van der Waals surface area (Å²) < 4.78 is 6.72. The second-order valence-electron chi connectivity index (χ2n) is 5.30. The lowest BCUT2D eigenvalue weighted by molar-refractivity contribution is -0.132. The SMILES string of the molecule is CC(C)c1cc(=O)n(C)c(SCC(=O)N2CCOCC2)n1. The predicted octanol–water partition coefficient (Wildman–Crippen LogP) is 0.855. The van der Waals surface area contributed by atoms with Crippen LogP contribution in [-0.4, -0.2) is 52.4 Å². The standard InChI is InChI=1S/C14H21N3O3S/c1-10(2)11-8-12(18)16(3)14(15-11)21-9-13(19)17-4-6-20-7-5-17/h8,10H,4-7,9H2,1-3H3. The van der Waals surface area contributed by atoms with Crippen LogP contribution in [0.3, 0.4) is 0 Å². The van der Waals surface area contributed by atoms with Gasteiger partial charge in [0.05, 0.1) is 24.7 Å². The van der Waals surface area contributed by atoms with E-state index in [1.54, 1.807) is 18.0 Å². The summed E-state index contributed by atoms with van der Waals surface area (Å²) in [5, 5.41) is 0.591. The molecule has 1 amide bonds. The van der Waals surface area contributed by atoms with Crippen molar-refractivity contribution in [2.45, 2.75) is 24.9 Å². The van der Waals surface area contributed by atoms with E-state index in [9.17, 15) is 9.59 Å². The maximum absolute atomic E-state index is 12.1. The van der Waals surface area contributed by atoms with Crippen molar-refractivity contribution in [3.05, 3.63) is 22.1 Å². The molecule has 1 saturated heterocycles. The minimum absolute atomic E-state index is 0.0625. The molecule has 1 aliphatic rings. The van der Waals surface area contributed by atoms with Gasteiger partial charge in [-0.3, -0.25) is 14.2 Å². The highest BCUT2D eigenvalue weighted by Gasteiger charge is 2.18. The van der Waals surface area contributed by atoms with E-state index in [0.717, 1.165) is 5.69 Å². The minimum atomic E-state index is -0.0879. The van der Waals surface area contributed by atoms with Gasteiger partial charge in [0.15, 0.2) is 5.16 Å². The molecule has 0 saturated carbocycles. The summed E-state index contributed by atoms with van der Waals surface area (Å²) in [4.78, 5) is 30.3. The van der Waals surface area contributed by atoms with E-state index >= 15 is 0 Å². The zero-order valence-electron chi connectivity index (χ0n) is 12.7. The zero-order valence-corrected chi connectivity index (χ0v) is 13.5. The molecule has 6 nitrogen and oxygen atoms in total. The average molecular weight is 311 g/mol. The summed E-state index contributed by atoms with van der Waals surface area (Å²) in [6.07, 6.45) is 0. The van der Waals surface area contributed by atoms with Crippen molar-refractivity contribution >= 4 is 17.7 Å². The van der Waals surface area contributed by atoms with Gasteiger partial charge in [0.2, 0.25) is 5.91 Å². The number of nitrogens with zero attached hydrogens (tertiary/aromatic N) is 3. The van der Waals surface area contributed by atoms with Crippen molar-refractivity contribution in [1.82, 2.24) is 14.5 Å². The Bertz CT molecular complexity index is 565. The Morgan fingerprint density at radius 3 is 2.71 bits per heavy atom. The molecule has 0 spiro atoms. The summed E-state index contributed by atoms with van der Waals surface area (Å²) in [5.41, 5.74) is 0.675. The maximum Gasteiger partial charge on any atom is 0.254 e. The third kappa shape index (κ3) is 4.07. The zero-order chi connectivity index (χ0) is 15.4. The molecule has 2 heterocycles. The van der Waals surface area contributed by atoms with Gasteiger partial charge >= 0.3 is 0 Å². The molecule has 21 heavy (non-hydrogen) atoms. The molecule has 1 aliphatic heterocycles. The van der Waals surface area contributed by atoms with Gasteiger partial charge in [0.1, 0.15) is 0 Å². The molecule has 2 rings (SSSR count). The van der Waals surface area contributed by atoms with Crippen molar-refractivity contribution < 1.29 is 9.53 Å². The Hall–Kier alpha value is -1.34. The first-order valence-electron chi connectivity index (χ1n) is 7.05. The first-order valence-corrected chi connectivity index (χ1v) is 8.04. The van der Waals surface area contributed by atoms with Crippen LogP contribution in [0.4, 0.5) is 0 Å². The van der Waals surface area contributed by atoms with Crippen LogP contribution in [0.2, 0.25) is 0 Å². The Kier molecular flexibility index (Phi) is 5.41. The number of amides is 1. The van der Waals surface area contributed by atoms with Gasteiger partial charge in [0.25, 0.3) is 5.56 Å². The second kappa shape index (κ2) is 7.09. The number of thioether (sulfide) groups is 1. The van der Waals surface area contributed by atoms with Gasteiger partial charge in [-0.1, -0.05) is 25.6 Å². The van der Waals surface area contributed by atoms with Crippen LogP contribution in [0.5, 0.6) is 0 Å². The van der Waals surface area contributed by atoms with Crippen LogP contribution in [-0.2, 0) is 16.6 Å². The van der Waals surface area contributed by atoms with E-state index < -0.39 is 0 Å². The lowest BCUT2D eigenvalue weighted by atomic mass is 10.1. The highest BCUT2D eigenvalue weighted by molar-refractivity contribution is 7.99. The maximum atomic E-state index is 12.1. The fraction of sp³-hybridized carbons (Fsp3) is 0.643. The molecule has 116 valence electrons. The summed E-state index contributed by atoms with van der Waals surface area (Å²) in [6.45, 7) is 6.45. The molecule has 0 atom stereocenters. The van der Waals surface area contributed by atoms with E-state index in [2.05, 4.69) is 4.98 Å². The highest BCUT2D eigenvalue weighted by atomic mass is 32.2. The fourth-order valence-corrected chi connectivity index (χ4v) is 2.88. The lowest BCUT2D eigenvalue weighted by Gasteiger charge is -2.26. The van der Waals surface area contributed by atoms with E-state index in [4.69, 9.17) is 4.74 Å². The second-order valence-corrected chi connectivity index (χ2v) is 6.24. The van der Waals surface area contributed by atoms with Crippen LogP contribution in [0.1, 0.15) is 25.5 Å². The topological polar surface area (TPSA) is 64.4 Å². The molecule has 1 fully saturated rings. The summed E-state index contributed by atoms with van der Waals surface area (Å²) in [5.74, 6) is 0.544. The van der Waals surface area contributed by atoms with Gasteiger partial charge in [-0.15, -0.1) is 0 Å². The summed E-state index contributed by atoms with van der Waals surface area (Å²) >= 11 is 1.31. The Balaban J connectivity index is 2.05. The smallest absolute Gasteiger partial charge is 0.254 e. The van der Waals surface area contributed by atoms with Crippen LogP contribution in [0.25, 0.3) is 0 Å². The van der Waals surface area contributed by atoms with Crippen molar-refractivity contribution in [2.75, 3.05) is 32.1 Å². The molecule has 0 bridgehead atoms. The molecule has 7 heteroatoms. The van der Waals surface area contributed by atoms with Gasteiger partial charge in [-0.2, -0.15) is 0 Å². The largest absolute Gasteiger partial charge is 0.378 e. The number of ether oxygens (including phenoxy) is 1. The minimum Gasteiger partial charge on any atom is -0.378 e. The normalized spacial score (nSPS) is 15.5. The molecule has 0 radical (unpaired) electrons. The van der Waals surface area contributed by atoms with Crippen LogP contribution < -0.4 is 5.56 Å². The number of rotatable bonds is 4. The molecule has 0 unspecified atom stereocenters. The van der Waals surface area contributed by atoms with Gasteiger partial charge in [-0.25, -0.2) is 4.98 Å². The predicted molar refractivity (Wildman–Crippen MR) is 81.7 cm³/mol. The molecular formula is C14H21N3O3S. The Morgan fingerprint density at radius 2 is 2.10 bits per heavy atom. The number of carbonyl (C=O) groups is 1. The number of morpholine rings is 1. The third-order valence-corrected chi connectivity index (χ3v) is 4.41. The molecule has 1 aromatic heterocycles. The summed E-state index contributed by atoms with van der Waals surface area (Å²) in [6, 6.07) is 1.55. The number of hydrogen-bond donors (Lipinski definition) is 0. The number of aromatic nitrogens is 2. The molecule has 0 aliphatic carbocycles. The van der Waals surface area contributed by atoms with Crippen molar-refractivity contribution in [2.24, 2.45) is 7.05 Å². The Morgan fingerprint density at radius 1 is 1.43 bits per heavy atom. The monoisotopic (exact) mass is 311 g/mol. The van der Waals surface area contributed by atoms with Gasteiger partial charge < -0.3 is 9.64 Å². The molecule has 0 aromatic carbocycles. The highest BCUT2D eigenvalue weighted by Crippen LogP contribution is 2.17. The van der Waals surface area contributed by atoms with E-state index in [1.807, 2.05) is 13.8 Å². The Labute approximate surface area is 128 Å². The van der Waals surface area contributed by atoms with E-state index in [0.29, 0.717) is 37.2 Å². The fourth-order valence-electron chi connectivity index (χ4n) is 1.99. The van der Waals surface area contributed by atoms with E-state index in [-0.39, 0.29) is 17.4 Å². The van der Waals surface area contributed by atoms with Crippen LogP contribution >= 0.6 is 11.8 Å². The quantitative estimate of drug-likeness (QED) is 0.609. The lowest BCUT2D eigenvalue weighted by Crippen LogP contribution is -2.41.